The maximum atomic E-state index is 11.6. The summed E-state index contributed by atoms with van der Waals surface area (Å²) in [5, 5.41) is 0. The molecule has 0 unspecified atom stereocenters. The molecular formula is C7H2BrF3O. The van der Waals surface area contributed by atoms with Crippen LogP contribution in [-0.4, -0.2) is 6.36 Å². The Morgan fingerprint density at radius 1 is 1.25 bits per heavy atom. The molecule has 0 aliphatic rings. The Balaban J connectivity index is 2.71. The molecule has 1 aromatic rings. The van der Waals surface area contributed by atoms with Gasteiger partial charge in [0, 0.05) is 0 Å². The van der Waals surface area contributed by atoms with Gasteiger partial charge in [0.05, 0.1) is 4.47 Å². The lowest BCUT2D eigenvalue weighted by Crippen LogP contribution is -2.16. The smallest absolute Gasteiger partial charge is 0.397 e. The minimum absolute atomic E-state index is 0.397. The van der Waals surface area contributed by atoms with Gasteiger partial charge >= 0.3 is 6.36 Å². The number of hydrogen-bond acceptors (Lipinski definition) is 1. The van der Waals surface area contributed by atoms with Crippen LogP contribution in [0.3, 0.4) is 0 Å². The Morgan fingerprint density at radius 3 is 2.33 bits per heavy atom. The SMILES string of the molecule is FC(F)(F)Oc1c#cc(Br)cc1. The number of ether oxygens (including phenoxy) is 1. The summed E-state index contributed by atoms with van der Waals surface area (Å²) in [6.45, 7) is 0. The van der Waals surface area contributed by atoms with E-state index in [1.807, 2.05) is 0 Å². The van der Waals surface area contributed by atoms with E-state index in [0.717, 1.165) is 6.07 Å². The molecule has 0 heterocycles. The summed E-state index contributed by atoms with van der Waals surface area (Å²) in [4.78, 5) is 0. The first-order chi connectivity index (χ1) is 5.47. The molecule has 5 heteroatoms. The van der Waals surface area contributed by atoms with Gasteiger partial charge in [0.1, 0.15) is 0 Å². The van der Waals surface area contributed by atoms with Gasteiger partial charge in [-0.05, 0) is 34.1 Å². The first kappa shape index (κ1) is 9.20. The Hall–Kier alpha value is -0.890. The zero-order valence-corrected chi connectivity index (χ0v) is 7.16. The second-order valence-electron chi connectivity index (χ2n) is 1.84. The first-order valence-corrected chi connectivity index (χ1v) is 3.62. The number of rotatable bonds is 1. The molecule has 0 atom stereocenters. The number of alkyl halides is 3. The zero-order valence-electron chi connectivity index (χ0n) is 5.57. The van der Waals surface area contributed by atoms with Crippen molar-refractivity contribution in [1.82, 2.24) is 0 Å². The van der Waals surface area contributed by atoms with E-state index in [0.29, 0.717) is 4.47 Å². The van der Waals surface area contributed by atoms with Crippen LogP contribution in [0.1, 0.15) is 0 Å². The van der Waals surface area contributed by atoms with Gasteiger partial charge in [-0.3, -0.25) is 0 Å². The van der Waals surface area contributed by atoms with Crippen molar-refractivity contribution in [3.8, 4) is 5.75 Å². The molecule has 64 valence electrons. The molecule has 0 radical (unpaired) electrons. The third-order valence-corrected chi connectivity index (χ3v) is 1.37. The van der Waals surface area contributed by atoms with E-state index in [2.05, 4.69) is 32.8 Å². The largest absolute Gasteiger partial charge is 0.573 e. The van der Waals surface area contributed by atoms with Crippen molar-refractivity contribution >= 4 is 15.9 Å². The molecule has 0 amide bonds. The second-order valence-corrected chi connectivity index (χ2v) is 2.70. The summed E-state index contributed by atoms with van der Waals surface area (Å²) in [6, 6.07) is 7.10. The van der Waals surface area contributed by atoms with Crippen LogP contribution in [0.5, 0.6) is 5.75 Å². The van der Waals surface area contributed by atoms with Crippen LogP contribution in [0.15, 0.2) is 16.6 Å². The molecular weight excluding hydrogens is 237 g/mol. The van der Waals surface area contributed by atoms with Crippen molar-refractivity contribution in [1.29, 1.82) is 0 Å². The third-order valence-electron chi connectivity index (χ3n) is 0.912. The van der Waals surface area contributed by atoms with Gasteiger partial charge in [0.25, 0.3) is 0 Å². The predicted octanol–water partition coefficient (Wildman–Crippen LogP) is 2.95. The molecule has 1 nitrogen and oxygen atoms in total. The molecule has 1 aromatic carbocycles. The van der Waals surface area contributed by atoms with E-state index in [1.54, 1.807) is 0 Å². The third kappa shape index (κ3) is 3.01. The summed E-state index contributed by atoms with van der Waals surface area (Å²) >= 11 is 3.00. The van der Waals surface area contributed by atoms with Crippen LogP contribution < -0.4 is 4.74 Å². The fourth-order valence-corrected chi connectivity index (χ4v) is 0.769. The Bertz CT molecular complexity index is 254. The van der Waals surface area contributed by atoms with Gasteiger partial charge in [-0.1, -0.05) is 6.07 Å². The summed E-state index contributed by atoms with van der Waals surface area (Å²) in [7, 11) is 0. The maximum absolute atomic E-state index is 11.6. The topological polar surface area (TPSA) is 9.23 Å². The van der Waals surface area contributed by atoms with Crippen LogP contribution in [0.4, 0.5) is 13.2 Å². The molecule has 1 rings (SSSR count). The van der Waals surface area contributed by atoms with Gasteiger partial charge in [0.2, 0.25) is 0 Å². The van der Waals surface area contributed by atoms with E-state index in [1.165, 1.54) is 6.07 Å². The van der Waals surface area contributed by atoms with E-state index in [-0.39, 0.29) is 0 Å². The standard InChI is InChI=1S/C7H2BrF3O/c8-5-1-3-6(4-2-5)12-7(9,10)11/h1,3H. The number of halogens is 4. The fraction of sp³-hybridized carbons (Fsp3) is 0.143. The molecule has 0 aliphatic carbocycles. The molecule has 12 heavy (non-hydrogen) atoms. The highest BCUT2D eigenvalue weighted by molar-refractivity contribution is 9.10. The van der Waals surface area contributed by atoms with Crippen molar-refractivity contribution in [2.45, 2.75) is 6.36 Å². The van der Waals surface area contributed by atoms with Crippen molar-refractivity contribution in [3.63, 3.8) is 0 Å². The Kier molecular flexibility index (Phi) is 2.48. The highest BCUT2D eigenvalue weighted by atomic mass is 79.9. The monoisotopic (exact) mass is 238 g/mol. The lowest BCUT2D eigenvalue weighted by atomic mass is 10.4. The average molecular weight is 239 g/mol. The van der Waals surface area contributed by atoms with Crippen molar-refractivity contribution in [2.75, 3.05) is 0 Å². The normalized spacial score (nSPS) is 10.7. The Labute approximate surface area is 75.3 Å². The quantitative estimate of drug-likeness (QED) is 0.731. The van der Waals surface area contributed by atoms with E-state index < -0.39 is 12.1 Å². The lowest BCUT2D eigenvalue weighted by molar-refractivity contribution is -0.274. The molecule has 0 aliphatic heterocycles. The molecule has 0 N–H and O–H groups in total. The average Bonchev–Trinajstić information content (AvgIpc) is 1.91. The van der Waals surface area contributed by atoms with E-state index in [4.69, 9.17) is 0 Å². The highest BCUT2D eigenvalue weighted by Gasteiger charge is 2.31. The second kappa shape index (κ2) is 3.23. The Morgan fingerprint density at radius 2 is 1.92 bits per heavy atom. The molecule has 0 saturated carbocycles. The van der Waals surface area contributed by atoms with Crippen molar-refractivity contribution < 1.29 is 17.9 Å². The van der Waals surface area contributed by atoms with Crippen molar-refractivity contribution in [3.05, 3.63) is 28.7 Å². The maximum Gasteiger partial charge on any atom is 0.573 e. The summed E-state index contributed by atoms with van der Waals surface area (Å²) < 4.78 is 38.8. The minimum Gasteiger partial charge on any atom is -0.397 e. The minimum atomic E-state index is -4.67. The van der Waals surface area contributed by atoms with Gasteiger partial charge in [-0.2, -0.15) is 0 Å². The van der Waals surface area contributed by atoms with Gasteiger partial charge in [0.15, 0.2) is 5.75 Å². The van der Waals surface area contributed by atoms with Crippen LogP contribution in [0.2, 0.25) is 0 Å². The summed E-state index contributed by atoms with van der Waals surface area (Å²) in [5.41, 5.74) is 0. The van der Waals surface area contributed by atoms with Gasteiger partial charge < -0.3 is 4.74 Å². The lowest BCUT2D eigenvalue weighted by Gasteiger charge is -2.05. The van der Waals surface area contributed by atoms with Crippen LogP contribution in [-0.2, 0) is 0 Å². The zero-order chi connectivity index (χ0) is 9.19. The van der Waals surface area contributed by atoms with Crippen LogP contribution in [0.25, 0.3) is 0 Å². The number of hydrogen-bond donors (Lipinski definition) is 0. The molecule has 0 spiro atoms. The first-order valence-electron chi connectivity index (χ1n) is 2.82. The van der Waals surface area contributed by atoms with Crippen LogP contribution >= 0.6 is 15.9 Å². The molecule has 0 aromatic heterocycles. The van der Waals surface area contributed by atoms with E-state index >= 15 is 0 Å². The van der Waals surface area contributed by atoms with Crippen LogP contribution in [0, 0.1) is 12.1 Å². The fourth-order valence-electron chi connectivity index (χ4n) is 0.538. The molecule has 0 saturated heterocycles. The van der Waals surface area contributed by atoms with E-state index in [9.17, 15) is 13.2 Å². The summed E-state index contributed by atoms with van der Waals surface area (Å²) in [5.74, 6) is -0.397. The van der Waals surface area contributed by atoms with Crippen molar-refractivity contribution in [2.24, 2.45) is 0 Å². The van der Waals surface area contributed by atoms with Gasteiger partial charge in [-0.25, -0.2) is 0 Å². The van der Waals surface area contributed by atoms with Gasteiger partial charge in [-0.15, -0.1) is 13.2 Å². The molecule has 0 fully saturated rings. The predicted molar refractivity (Wildman–Crippen MR) is 38.5 cm³/mol. The summed E-state index contributed by atoms with van der Waals surface area (Å²) in [6.07, 6.45) is -4.67. The molecule has 0 bridgehead atoms. The highest BCUT2D eigenvalue weighted by Crippen LogP contribution is 2.21.